The van der Waals surface area contributed by atoms with Gasteiger partial charge in [0.05, 0.1) is 25.2 Å². The molecule has 0 amide bonds. The standard InChI is InChI=1S/C26H40O7/c1-6-7-8-9-20-19(10-11-23(20)27)12-24(28)30-13-22-16(3)26(33-18(22)5)31-14-21-15(2)25(29)32-17(21)4/h7-8,15-22,26H,6,9-14H2,1-5H3/b8-7-/t15-,16-,17+,18+,19+,20+,21-,22-,26+/m0/s1. The molecule has 0 bridgehead atoms. The van der Waals surface area contributed by atoms with Gasteiger partial charge in [0.25, 0.3) is 0 Å². The van der Waals surface area contributed by atoms with E-state index in [1.807, 2.05) is 27.7 Å². The van der Waals surface area contributed by atoms with E-state index in [4.69, 9.17) is 18.9 Å². The molecule has 0 aromatic heterocycles. The first-order valence-corrected chi connectivity index (χ1v) is 12.5. The zero-order valence-corrected chi connectivity index (χ0v) is 20.7. The lowest BCUT2D eigenvalue weighted by molar-refractivity contribution is -0.155. The Labute approximate surface area is 197 Å². The quantitative estimate of drug-likeness (QED) is 0.355. The second-order valence-corrected chi connectivity index (χ2v) is 10.0. The molecule has 0 N–H and O–H groups in total. The average Bonchev–Trinajstić information content (AvgIpc) is 3.33. The van der Waals surface area contributed by atoms with Crippen molar-refractivity contribution in [2.45, 2.75) is 85.2 Å². The summed E-state index contributed by atoms with van der Waals surface area (Å²) in [5.74, 6) is -0.253. The van der Waals surface area contributed by atoms with E-state index in [0.29, 0.717) is 19.4 Å². The monoisotopic (exact) mass is 464 g/mol. The van der Waals surface area contributed by atoms with Crippen LogP contribution in [-0.4, -0.2) is 49.4 Å². The van der Waals surface area contributed by atoms with Crippen molar-refractivity contribution in [2.24, 2.45) is 35.5 Å². The molecule has 0 aromatic rings. The van der Waals surface area contributed by atoms with Crippen molar-refractivity contribution in [2.75, 3.05) is 13.2 Å². The first-order valence-electron chi connectivity index (χ1n) is 12.5. The molecule has 3 rings (SSSR count). The molecule has 7 nitrogen and oxygen atoms in total. The normalized spacial score (nSPS) is 38.9. The molecule has 1 saturated carbocycles. The molecule has 3 fully saturated rings. The van der Waals surface area contributed by atoms with Gasteiger partial charge >= 0.3 is 11.9 Å². The highest BCUT2D eigenvalue weighted by molar-refractivity contribution is 5.84. The van der Waals surface area contributed by atoms with Gasteiger partial charge in [0.1, 0.15) is 11.9 Å². The van der Waals surface area contributed by atoms with Gasteiger partial charge in [0, 0.05) is 36.5 Å². The van der Waals surface area contributed by atoms with E-state index >= 15 is 0 Å². The van der Waals surface area contributed by atoms with Gasteiger partial charge in [-0.05, 0) is 39.0 Å². The summed E-state index contributed by atoms with van der Waals surface area (Å²) >= 11 is 0. The van der Waals surface area contributed by atoms with Crippen LogP contribution in [0.15, 0.2) is 12.2 Å². The van der Waals surface area contributed by atoms with Crippen LogP contribution in [0.1, 0.15) is 66.7 Å². The molecule has 2 aliphatic heterocycles. The summed E-state index contributed by atoms with van der Waals surface area (Å²) < 4.78 is 23.0. The fourth-order valence-corrected chi connectivity index (χ4v) is 5.41. The second-order valence-electron chi connectivity index (χ2n) is 10.0. The Morgan fingerprint density at radius 3 is 2.48 bits per heavy atom. The van der Waals surface area contributed by atoms with Gasteiger partial charge in [-0.2, -0.15) is 0 Å². The lowest BCUT2D eigenvalue weighted by Crippen LogP contribution is -2.29. The molecule has 33 heavy (non-hydrogen) atoms. The van der Waals surface area contributed by atoms with Gasteiger partial charge in [0.2, 0.25) is 0 Å². The van der Waals surface area contributed by atoms with Crippen molar-refractivity contribution in [3.8, 4) is 0 Å². The zero-order chi connectivity index (χ0) is 24.1. The zero-order valence-electron chi connectivity index (χ0n) is 20.7. The van der Waals surface area contributed by atoms with Crippen LogP contribution in [0.4, 0.5) is 0 Å². The van der Waals surface area contributed by atoms with Crippen LogP contribution in [0.25, 0.3) is 0 Å². The summed E-state index contributed by atoms with van der Waals surface area (Å²) in [6, 6.07) is 0. The van der Waals surface area contributed by atoms with Crippen LogP contribution in [0.5, 0.6) is 0 Å². The van der Waals surface area contributed by atoms with Crippen LogP contribution in [0.2, 0.25) is 0 Å². The Morgan fingerprint density at radius 1 is 1.06 bits per heavy atom. The third-order valence-electron chi connectivity index (χ3n) is 7.83. The molecule has 0 aromatic carbocycles. The van der Waals surface area contributed by atoms with Gasteiger partial charge in [-0.25, -0.2) is 0 Å². The number of rotatable bonds is 10. The first kappa shape index (κ1) is 25.9. The Bertz CT molecular complexity index is 732. The third kappa shape index (κ3) is 6.24. The minimum Gasteiger partial charge on any atom is -0.465 e. The van der Waals surface area contributed by atoms with Gasteiger partial charge in [-0.3, -0.25) is 14.4 Å². The Hall–Kier alpha value is -1.73. The van der Waals surface area contributed by atoms with Crippen molar-refractivity contribution in [1.82, 2.24) is 0 Å². The van der Waals surface area contributed by atoms with Crippen LogP contribution in [-0.2, 0) is 33.3 Å². The van der Waals surface area contributed by atoms with E-state index < -0.39 is 6.29 Å². The summed E-state index contributed by atoms with van der Waals surface area (Å²) in [7, 11) is 0. The Balaban J connectivity index is 1.45. The molecular formula is C26H40O7. The predicted molar refractivity (Wildman–Crippen MR) is 122 cm³/mol. The number of hydrogen-bond donors (Lipinski definition) is 0. The summed E-state index contributed by atoms with van der Waals surface area (Å²) in [5, 5.41) is 0. The number of allylic oxidation sites excluding steroid dienone is 2. The number of carbonyl (C=O) groups is 3. The maximum Gasteiger partial charge on any atom is 0.309 e. The smallest absolute Gasteiger partial charge is 0.309 e. The van der Waals surface area contributed by atoms with Crippen LogP contribution in [0.3, 0.4) is 0 Å². The SMILES string of the molecule is CC/C=C\C[C@H]1C(=O)CC[C@@H]1CC(=O)OC[C@H]1[C@H](C)[C@H](OC[C@H]2[C@H](C)C(=O)O[C@@H]2C)O[C@@H]1C. The molecule has 7 heteroatoms. The summed E-state index contributed by atoms with van der Waals surface area (Å²) in [6.07, 6.45) is 6.72. The summed E-state index contributed by atoms with van der Waals surface area (Å²) in [5.41, 5.74) is 0. The number of Topliss-reactive ketones (excluding diaryl/α,β-unsaturated/α-hetero) is 1. The molecule has 0 radical (unpaired) electrons. The maximum atomic E-state index is 12.6. The van der Waals surface area contributed by atoms with Crippen molar-refractivity contribution >= 4 is 17.7 Å². The van der Waals surface area contributed by atoms with Gasteiger partial charge in [-0.15, -0.1) is 0 Å². The highest BCUT2D eigenvalue weighted by Gasteiger charge is 2.44. The van der Waals surface area contributed by atoms with Gasteiger partial charge < -0.3 is 18.9 Å². The van der Waals surface area contributed by atoms with E-state index in [1.165, 1.54) is 0 Å². The van der Waals surface area contributed by atoms with Gasteiger partial charge in [-0.1, -0.05) is 32.9 Å². The van der Waals surface area contributed by atoms with Crippen LogP contribution >= 0.6 is 0 Å². The first-order chi connectivity index (χ1) is 15.7. The summed E-state index contributed by atoms with van der Waals surface area (Å²) in [4.78, 5) is 36.5. The molecule has 2 heterocycles. The van der Waals surface area contributed by atoms with Gasteiger partial charge in [0.15, 0.2) is 6.29 Å². The lowest BCUT2D eigenvalue weighted by atomic mass is 9.89. The molecule has 0 spiro atoms. The predicted octanol–water partition coefficient (Wildman–Crippen LogP) is 4.08. The topological polar surface area (TPSA) is 88.1 Å². The highest BCUT2D eigenvalue weighted by Crippen LogP contribution is 2.37. The van der Waals surface area contributed by atoms with Crippen LogP contribution in [0, 0.1) is 35.5 Å². The average molecular weight is 465 g/mol. The van der Waals surface area contributed by atoms with Crippen molar-refractivity contribution in [3.63, 3.8) is 0 Å². The largest absolute Gasteiger partial charge is 0.465 e. The molecular weight excluding hydrogens is 424 g/mol. The number of ketones is 1. The molecule has 186 valence electrons. The lowest BCUT2D eigenvalue weighted by Gasteiger charge is -2.22. The number of carbonyl (C=O) groups excluding carboxylic acids is 3. The minimum absolute atomic E-state index is 0.00900. The number of esters is 2. The highest BCUT2D eigenvalue weighted by atomic mass is 16.7. The molecule has 9 atom stereocenters. The molecule has 1 aliphatic carbocycles. The fourth-order valence-electron chi connectivity index (χ4n) is 5.41. The summed E-state index contributed by atoms with van der Waals surface area (Å²) in [6.45, 7) is 10.5. The van der Waals surface area contributed by atoms with E-state index in [0.717, 1.165) is 12.8 Å². The minimum atomic E-state index is -0.402. The van der Waals surface area contributed by atoms with E-state index in [-0.39, 0.29) is 78.5 Å². The number of cyclic esters (lactones) is 1. The maximum absolute atomic E-state index is 12.6. The number of ether oxygens (including phenoxy) is 4. The molecule has 3 aliphatic rings. The third-order valence-corrected chi connectivity index (χ3v) is 7.83. The van der Waals surface area contributed by atoms with Crippen molar-refractivity contribution in [3.05, 3.63) is 12.2 Å². The van der Waals surface area contributed by atoms with Crippen LogP contribution < -0.4 is 0 Å². The fraction of sp³-hybridized carbons (Fsp3) is 0.808. The van der Waals surface area contributed by atoms with E-state index in [2.05, 4.69) is 19.1 Å². The van der Waals surface area contributed by atoms with E-state index in [9.17, 15) is 14.4 Å². The van der Waals surface area contributed by atoms with Crippen molar-refractivity contribution < 1.29 is 33.3 Å². The van der Waals surface area contributed by atoms with E-state index in [1.54, 1.807) is 0 Å². The molecule has 0 unspecified atom stereocenters. The number of hydrogen-bond acceptors (Lipinski definition) is 7. The van der Waals surface area contributed by atoms with Crippen molar-refractivity contribution in [1.29, 1.82) is 0 Å². The second kappa shape index (κ2) is 11.6. The molecule has 2 saturated heterocycles. The Morgan fingerprint density at radius 2 is 1.82 bits per heavy atom. The Kier molecular flexibility index (Phi) is 9.10.